The smallest absolute Gasteiger partial charge is 0.350 e. The lowest BCUT2D eigenvalue weighted by atomic mass is 10.0. The molecule has 1 saturated heterocycles. The van der Waals surface area contributed by atoms with Crippen molar-refractivity contribution in [2.75, 3.05) is 23.3 Å². The van der Waals surface area contributed by atoms with Crippen LogP contribution in [-0.2, 0) is 11.3 Å². The first kappa shape index (κ1) is 19.6. The van der Waals surface area contributed by atoms with E-state index in [0.717, 1.165) is 30.6 Å². The van der Waals surface area contributed by atoms with Crippen LogP contribution >= 0.6 is 15.9 Å². The Morgan fingerprint density at radius 3 is 3.00 bits per heavy atom. The van der Waals surface area contributed by atoms with Gasteiger partial charge in [0.15, 0.2) is 5.82 Å². The number of carbonyl (C=O) groups excluding carboxylic acids is 1. The Kier molecular flexibility index (Phi) is 5.35. The Labute approximate surface area is 174 Å². The topological polar surface area (TPSA) is 84.5 Å². The molecule has 8 nitrogen and oxygen atoms in total. The number of fused-ring (bicyclic) bond motifs is 1. The molecule has 1 N–H and O–H groups in total. The number of anilines is 2. The Morgan fingerprint density at radius 2 is 2.24 bits per heavy atom. The number of halogens is 2. The molecule has 0 unspecified atom stereocenters. The Bertz CT molecular complexity index is 1130. The minimum absolute atomic E-state index is 0.0414. The lowest BCUT2D eigenvalue weighted by molar-refractivity contribution is -0.117. The molecule has 0 saturated carbocycles. The molecule has 1 atom stereocenters. The van der Waals surface area contributed by atoms with Crippen molar-refractivity contribution in [3.63, 3.8) is 0 Å². The summed E-state index contributed by atoms with van der Waals surface area (Å²) < 4.78 is 17.0. The molecular formula is C19H20BrFN6O2. The van der Waals surface area contributed by atoms with Crippen molar-refractivity contribution < 1.29 is 9.18 Å². The van der Waals surface area contributed by atoms with Gasteiger partial charge in [0, 0.05) is 30.0 Å². The SMILES string of the molecule is C[C@@H]1CCCN(c2nccn3c(=O)n(CC(=O)Nc4ccc(Br)cc4F)nc23)C1. The van der Waals surface area contributed by atoms with Crippen LogP contribution in [0.3, 0.4) is 0 Å². The lowest BCUT2D eigenvalue weighted by Gasteiger charge is -2.31. The highest BCUT2D eigenvalue weighted by molar-refractivity contribution is 9.10. The summed E-state index contributed by atoms with van der Waals surface area (Å²) in [6, 6.07) is 4.32. The zero-order valence-corrected chi connectivity index (χ0v) is 17.4. The van der Waals surface area contributed by atoms with Gasteiger partial charge in [-0.3, -0.25) is 4.79 Å². The van der Waals surface area contributed by atoms with Gasteiger partial charge in [-0.1, -0.05) is 22.9 Å². The maximum Gasteiger partial charge on any atom is 0.350 e. The van der Waals surface area contributed by atoms with Crippen LogP contribution < -0.4 is 15.9 Å². The van der Waals surface area contributed by atoms with Crippen LogP contribution in [0, 0.1) is 11.7 Å². The van der Waals surface area contributed by atoms with Crippen molar-refractivity contribution in [3.05, 3.63) is 51.4 Å². The molecule has 4 rings (SSSR count). The van der Waals surface area contributed by atoms with E-state index in [4.69, 9.17) is 0 Å². The third kappa shape index (κ3) is 4.02. The molecule has 3 heterocycles. The van der Waals surface area contributed by atoms with Crippen LogP contribution in [0.5, 0.6) is 0 Å². The number of rotatable bonds is 4. The van der Waals surface area contributed by atoms with Gasteiger partial charge in [-0.15, -0.1) is 5.10 Å². The minimum atomic E-state index is -0.569. The number of nitrogens with zero attached hydrogens (tertiary/aromatic N) is 5. The molecular weight excluding hydrogens is 443 g/mol. The van der Waals surface area contributed by atoms with E-state index in [2.05, 4.69) is 43.2 Å². The number of hydrogen-bond donors (Lipinski definition) is 1. The number of hydrogen-bond acceptors (Lipinski definition) is 5. The maximum atomic E-state index is 13.9. The fourth-order valence-corrected chi connectivity index (χ4v) is 3.89. The lowest BCUT2D eigenvalue weighted by Crippen LogP contribution is -2.35. The zero-order chi connectivity index (χ0) is 20.5. The van der Waals surface area contributed by atoms with Gasteiger partial charge in [0.2, 0.25) is 11.6 Å². The predicted molar refractivity (Wildman–Crippen MR) is 111 cm³/mol. The number of piperidine rings is 1. The van der Waals surface area contributed by atoms with E-state index in [-0.39, 0.29) is 12.2 Å². The van der Waals surface area contributed by atoms with E-state index in [1.165, 1.54) is 22.7 Å². The van der Waals surface area contributed by atoms with Crippen LogP contribution in [0.4, 0.5) is 15.9 Å². The summed E-state index contributed by atoms with van der Waals surface area (Å²) in [5.41, 5.74) is 0.00836. The molecule has 1 aliphatic rings. The monoisotopic (exact) mass is 462 g/mol. The van der Waals surface area contributed by atoms with Crippen LogP contribution in [0.1, 0.15) is 19.8 Å². The standard InChI is InChI=1S/C19H20BrFN6O2/c1-12-3-2-7-25(10-12)17-18-24-27(19(29)26(18)8-6-22-17)11-16(28)23-15-5-4-13(20)9-14(15)21/h4-6,8-9,12H,2-3,7,10-11H2,1H3,(H,23,28)/t12-/m1/s1. The van der Waals surface area contributed by atoms with Crippen molar-refractivity contribution >= 4 is 39.0 Å². The number of nitrogens with one attached hydrogen (secondary N) is 1. The summed E-state index contributed by atoms with van der Waals surface area (Å²) in [5.74, 6) is 0.0547. The van der Waals surface area contributed by atoms with E-state index >= 15 is 0 Å². The van der Waals surface area contributed by atoms with Crippen molar-refractivity contribution in [1.29, 1.82) is 0 Å². The summed E-state index contributed by atoms with van der Waals surface area (Å²) in [7, 11) is 0. The van der Waals surface area contributed by atoms with E-state index in [1.807, 2.05) is 0 Å². The fraction of sp³-hybridized carbons (Fsp3) is 0.368. The Morgan fingerprint density at radius 1 is 1.41 bits per heavy atom. The van der Waals surface area contributed by atoms with E-state index in [1.54, 1.807) is 12.3 Å². The first-order valence-electron chi connectivity index (χ1n) is 9.36. The first-order chi connectivity index (χ1) is 13.9. The second kappa shape index (κ2) is 7.94. The van der Waals surface area contributed by atoms with E-state index in [0.29, 0.717) is 21.9 Å². The molecule has 3 aromatic rings. The van der Waals surface area contributed by atoms with Crippen molar-refractivity contribution in [1.82, 2.24) is 19.2 Å². The molecule has 29 heavy (non-hydrogen) atoms. The number of aromatic nitrogens is 4. The highest BCUT2D eigenvalue weighted by Crippen LogP contribution is 2.23. The molecule has 0 spiro atoms. The number of carbonyl (C=O) groups is 1. The molecule has 1 fully saturated rings. The van der Waals surface area contributed by atoms with Crippen molar-refractivity contribution in [3.8, 4) is 0 Å². The summed E-state index contributed by atoms with van der Waals surface area (Å²) in [6.45, 7) is 3.55. The molecule has 1 amide bonds. The van der Waals surface area contributed by atoms with Gasteiger partial charge in [0.1, 0.15) is 12.4 Å². The van der Waals surface area contributed by atoms with Crippen LogP contribution in [-0.4, -0.2) is 38.2 Å². The van der Waals surface area contributed by atoms with Crippen LogP contribution in [0.15, 0.2) is 39.9 Å². The summed E-state index contributed by atoms with van der Waals surface area (Å²) in [5, 5.41) is 6.80. The van der Waals surface area contributed by atoms with Gasteiger partial charge in [-0.05, 0) is 37.0 Å². The largest absolute Gasteiger partial charge is 0.353 e. The Hall–Kier alpha value is -2.75. The number of benzene rings is 1. The summed E-state index contributed by atoms with van der Waals surface area (Å²) in [4.78, 5) is 31.6. The third-order valence-electron chi connectivity index (χ3n) is 4.94. The minimum Gasteiger partial charge on any atom is -0.353 e. The van der Waals surface area contributed by atoms with Crippen molar-refractivity contribution in [2.45, 2.75) is 26.3 Å². The number of amides is 1. The highest BCUT2D eigenvalue weighted by atomic mass is 79.9. The predicted octanol–water partition coefficient (Wildman–Crippen LogP) is 2.67. The highest BCUT2D eigenvalue weighted by Gasteiger charge is 2.22. The van der Waals surface area contributed by atoms with Gasteiger partial charge in [0.05, 0.1) is 5.69 Å². The normalized spacial score (nSPS) is 16.9. The molecule has 0 aliphatic carbocycles. The summed E-state index contributed by atoms with van der Waals surface area (Å²) >= 11 is 3.17. The zero-order valence-electron chi connectivity index (χ0n) is 15.8. The summed E-state index contributed by atoms with van der Waals surface area (Å²) in [6.07, 6.45) is 5.31. The van der Waals surface area contributed by atoms with Gasteiger partial charge in [-0.25, -0.2) is 23.3 Å². The van der Waals surface area contributed by atoms with Gasteiger partial charge >= 0.3 is 5.69 Å². The molecule has 0 radical (unpaired) electrons. The fourth-order valence-electron chi connectivity index (χ4n) is 3.56. The van der Waals surface area contributed by atoms with Gasteiger partial charge < -0.3 is 10.2 Å². The first-order valence-corrected chi connectivity index (χ1v) is 10.2. The van der Waals surface area contributed by atoms with Gasteiger partial charge in [-0.2, -0.15) is 0 Å². The van der Waals surface area contributed by atoms with Crippen LogP contribution in [0.2, 0.25) is 0 Å². The average molecular weight is 463 g/mol. The second-order valence-electron chi connectivity index (χ2n) is 7.25. The molecule has 1 aliphatic heterocycles. The Balaban J connectivity index is 1.59. The molecule has 152 valence electrons. The maximum absolute atomic E-state index is 13.9. The quantitative estimate of drug-likeness (QED) is 0.644. The van der Waals surface area contributed by atoms with E-state index in [9.17, 15) is 14.0 Å². The second-order valence-corrected chi connectivity index (χ2v) is 8.17. The van der Waals surface area contributed by atoms with Crippen molar-refractivity contribution in [2.24, 2.45) is 5.92 Å². The van der Waals surface area contributed by atoms with Gasteiger partial charge in [0.25, 0.3) is 0 Å². The molecule has 2 aromatic heterocycles. The van der Waals surface area contributed by atoms with Crippen LogP contribution in [0.25, 0.3) is 5.65 Å². The average Bonchev–Trinajstić information content (AvgIpc) is 3.00. The third-order valence-corrected chi connectivity index (χ3v) is 5.43. The molecule has 0 bridgehead atoms. The molecule has 10 heteroatoms. The van der Waals surface area contributed by atoms with E-state index < -0.39 is 17.4 Å². The molecule has 1 aromatic carbocycles.